The van der Waals surface area contributed by atoms with E-state index in [4.69, 9.17) is 0 Å². The van der Waals surface area contributed by atoms with E-state index in [9.17, 15) is 5.11 Å². The Morgan fingerprint density at radius 2 is 2.14 bits per heavy atom. The van der Waals surface area contributed by atoms with Crippen LogP contribution in [0.25, 0.3) is 10.6 Å². The molecule has 0 saturated heterocycles. The minimum Gasteiger partial charge on any atom is -0.508 e. The number of aromatic nitrogens is 3. The van der Waals surface area contributed by atoms with Crippen molar-refractivity contribution in [3.8, 4) is 16.3 Å². The Bertz CT molecular complexity index is 757. The standard InChI is InChI=1S/C15H14N4OS/c1-2-14-17-9-13(21-14)12-6-7-16-15(19-12)18-10-4-3-5-11(20)8-10/h3-9,20H,2H2,1H3,(H,16,18,19). The number of phenolic OH excluding ortho intramolecular Hbond substituents is 1. The van der Waals surface area contributed by atoms with Gasteiger partial charge < -0.3 is 10.4 Å². The highest BCUT2D eigenvalue weighted by Crippen LogP contribution is 2.26. The van der Waals surface area contributed by atoms with Gasteiger partial charge in [-0.05, 0) is 24.6 Å². The third-order valence-electron chi connectivity index (χ3n) is 2.87. The van der Waals surface area contributed by atoms with Crippen molar-refractivity contribution >= 4 is 23.0 Å². The van der Waals surface area contributed by atoms with Crippen LogP contribution in [0.2, 0.25) is 0 Å². The molecule has 3 rings (SSSR count). The fourth-order valence-electron chi connectivity index (χ4n) is 1.86. The van der Waals surface area contributed by atoms with Crippen molar-refractivity contribution in [3.63, 3.8) is 0 Å². The second-order valence-electron chi connectivity index (χ2n) is 4.41. The number of aryl methyl sites for hydroxylation is 1. The van der Waals surface area contributed by atoms with Crippen molar-refractivity contribution in [2.75, 3.05) is 5.32 Å². The van der Waals surface area contributed by atoms with E-state index >= 15 is 0 Å². The van der Waals surface area contributed by atoms with E-state index in [1.165, 1.54) is 0 Å². The second-order valence-corrected chi connectivity index (χ2v) is 5.53. The molecular formula is C15H14N4OS. The third-order valence-corrected chi connectivity index (χ3v) is 4.03. The van der Waals surface area contributed by atoms with Crippen molar-refractivity contribution in [2.24, 2.45) is 0 Å². The maximum atomic E-state index is 9.47. The molecule has 0 radical (unpaired) electrons. The summed E-state index contributed by atoms with van der Waals surface area (Å²) < 4.78 is 0. The Hall–Kier alpha value is -2.47. The van der Waals surface area contributed by atoms with Crippen molar-refractivity contribution in [1.29, 1.82) is 0 Å². The number of nitrogens with one attached hydrogen (secondary N) is 1. The van der Waals surface area contributed by atoms with E-state index < -0.39 is 0 Å². The lowest BCUT2D eigenvalue weighted by Gasteiger charge is -2.05. The Balaban J connectivity index is 1.86. The summed E-state index contributed by atoms with van der Waals surface area (Å²) in [7, 11) is 0. The lowest BCUT2D eigenvalue weighted by Crippen LogP contribution is -1.97. The number of hydrogen-bond donors (Lipinski definition) is 2. The molecular weight excluding hydrogens is 284 g/mol. The molecule has 2 N–H and O–H groups in total. The van der Waals surface area contributed by atoms with Crippen LogP contribution >= 0.6 is 11.3 Å². The number of thiazole rings is 1. The molecule has 1 aromatic carbocycles. The van der Waals surface area contributed by atoms with Gasteiger partial charge >= 0.3 is 0 Å². The van der Waals surface area contributed by atoms with Crippen LogP contribution < -0.4 is 5.32 Å². The first-order valence-electron chi connectivity index (χ1n) is 6.59. The second kappa shape index (κ2) is 5.88. The zero-order chi connectivity index (χ0) is 14.7. The van der Waals surface area contributed by atoms with Crippen molar-refractivity contribution < 1.29 is 5.11 Å². The Morgan fingerprint density at radius 3 is 2.90 bits per heavy atom. The average molecular weight is 298 g/mol. The van der Waals surface area contributed by atoms with Gasteiger partial charge in [0, 0.05) is 24.1 Å². The average Bonchev–Trinajstić information content (AvgIpc) is 2.96. The maximum absolute atomic E-state index is 9.47. The zero-order valence-electron chi connectivity index (χ0n) is 11.4. The highest BCUT2D eigenvalue weighted by atomic mass is 32.1. The van der Waals surface area contributed by atoms with E-state index in [2.05, 4.69) is 27.2 Å². The number of hydrogen-bond acceptors (Lipinski definition) is 6. The van der Waals surface area contributed by atoms with Gasteiger partial charge in [-0.1, -0.05) is 13.0 Å². The molecule has 6 heteroatoms. The van der Waals surface area contributed by atoms with Crippen LogP contribution in [0, 0.1) is 0 Å². The molecule has 0 spiro atoms. The predicted molar refractivity (Wildman–Crippen MR) is 83.9 cm³/mol. The lowest BCUT2D eigenvalue weighted by molar-refractivity contribution is 0.475. The van der Waals surface area contributed by atoms with Crippen LogP contribution in [0.5, 0.6) is 5.75 Å². The fourth-order valence-corrected chi connectivity index (χ4v) is 2.69. The third kappa shape index (κ3) is 3.17. The van der Waals surface area contributed by atoms with E-state index in [-0.39, 0.29) is 5.75 Å². The van der Waals surface area contributed by atoms with Gasteiger partial charge in [-0.2, -0.15) is 0 Å². The SMILES string of the molecule is CCc1ncc(-c2ccnc(Nc3cccc(O)c3)n2)s1. The van der Waals surface area contributed by atoms with E-state index in [1.807, 2.05) is 18.3 Å². The summed E-state index contributed by atoms with van der Waals surface area (Å²) in [5.74, 6) is 0.691. The van der Waals surface area contributed by atoms with Crippen LogP contribution in [-0.4, -0.2) is 20.1 Å². The smallest absolute Gasteiger partial charge is 0.227 e. The largest absolute Gasteiger partial charge is 0.508 e. The quantitative estimate of drug-likeness (QED) is 0.770. The van der Waals surface area contributed by atoms with Crippen LogP contribution in [-0.2, 0) is 6.42 Å². The van der Waals surface area contributed by atoms with Crippen LogP contribution in [0.3, 0.4) is 0 Å². The van der Waals surface area contributed by atoms with Crippen molar-refractivity contribution in [3.05, 3.63) is 47.7 Å². The van der Waals surface area contributed by atoms with Gasteiger partial charge in [0.25, 0.3) is 0 Å². The first kappa shape index (κ1) is 13.5. The molecule has 3 aromatic rings. The molecule has 2 heterocycles. The minimum absolute atomic E-state index is 0.200. The summed E-state index contributed by atoms with van der Waals surface area (Å²) in [5, 5.41) is 13.6. The molecule has 0 bridgehead atoms. The fraction of sp³-hybridized carbons (Fsp3) is 0.133. The van der Waals surface area contributed by atoms with Crippen molar-refractivity contribution in [1.82, 2.24) is 15.0 Å². The molecule has 5 nitrogen and oxygen atoms in total. The molecule has 0 atom stereocenters. The first-order chi connectivity index (χ1) is 10.2. The predicted octanol–water partition coefficient (Wildman–Crippen LogP) is 3.61. The topological polar surface area (TPSA) is 70.9 Å². The van der Waals surface area contributed by atoms with Gasteiger partial charge in [-0.3, -0.25) is 0 Å². The molecule has 106 valence electrons. The Labute approximate surface area is 126 Å². The van der Waals surface area contributed by atoms with Crippen LogP contribution in [0.4, 0.5) is 11.6 Å². The Kier molecular flexibility index (Phi) is 3.79. The summed E-state index contributed by atoms with van der Waals surface area (Å²) in [5.41, 5.74) is 1.58. The molecule has 2 aromatic heterocycles. The van der Waals surface area contributed by atoms with Gasteiger partial charge in [-0.15, -0.1) is 11.3 Å². The zero-order valence-corrected chi connectivity index (χ0v) is 12.3. The van der Waals surface area contributed by atoms with Gasteiger partial charge in [0.2, 0.25) is 5.95 Å². The van der Waals surface area contributed by atoms with Gasteiger partial charge in [0.1, 0.15) is 5.75 Å². The lowest BCUT2D eigenvalue weighted by atomic mass is 10.3. The monoisotopic (exact) mass is 298 g/mol. The Morgan fingerprint density at radius 1 is 1.24 bits per heavy atom. The molecule has 0 saturated carbocycles. The number of aromatic hydroxyl groups is 1. The van der Waals surface area contributed by atoms with Crippen LogP contribution in [0.15, 0.2) is 42.7 Å². The molecule has 21 heavy (non-hydrogen) atoms. The van der Waals surface area contributed by atoms with Gasteiger partial charge in [0.15, 0.2) is 0 Å². The molecule has 0 amide bonds. The molecule has 0 aliphatic carbocycles. The summed E-state index contributed by atoms with van der Waals surface area (Å²) in [6.07, 6.45) is 4.47. The molecule has 0 unspecified atom stereocenters. The number of anilines is 2. The number of rotatable bonds is 4. The summed E-state index contributed by atoms with van der Waals surface area (Å²) in [6, 6.07) is 8.71. The highest BCUT2D eigenvalue weighted by molar-refractivity contribution is 7.15. The molecule has 0 aliphatic rings. The summed E-state index contributed by atoms with van der Waals surface area (Å²) in [6.45, 7) is 2.08. The van der Waals surface area contributed by atoms with E-state index in [0.29, 0.717) is 5.95 Å². The molecule has 0 fully saturated rings. The van der Waals surface area contributed by atoms with E-state index in [1.54, 1.807) is 35.7 Å². The minimum atomic E-state index is 0.200. The highest BCUT2D eigenvalue weighted by Gasteiger charge is 2.06. The van der Waals surface area contributed by atoms with E-state index in [0.717, 1.165) is 27.7 Å². The molecule has 0 aliphatic heterocycles. The first-order valence-corrected chi connectivity index (χ1v) is 7.40. The number of phenols is 1. The van der Waals surface area contributed by atoms with Gasteiger partial charge in [-0.25, -0.2) is 15.0 Å². The van der Waals surface area contributed by atoms with Crippen molar-refractivity contribution in [2.45, 2.75) is 13.3 Å². The van der Waals surface area contributed by atoms with Gasteiger partial charge in [0.05, 0.1) is 15.6 Å². The normalized spacial score (nSPS) is 10.5. The number of benzene rings is 1. The number of nitrogens with zero attached hydrogens (tertiary/aromatic N) is 3. The van der Waals surface area contributed by atoms with Crippen LogP contribution in [0.1, 0.15) is 11.9 Å². The summed E-state index contributed by atoms with van der Waals surface area (Å²) >= 11 is 1.63. The summed E-state index contributed by atoms with van der Waals surface area (Å²) in [4.78, 5) is 14.0. The maximum Gasteiger partial charge on any atom is 0.227 e.